The molecule has 4 heteroatoms. The lowest BCUT2D eigenvalue weighted by Gasteiger charge is -2.20. The highest BCUT2D eigenvalue weighted by Crippen LogP contribution is 2.21. The molecule has 0 saturated heterocycles. The van der Waals surface area contributed by atoms with Gasteiger partial charge in [-0.3, -0.25) is 4.79 Å². The summed E-state index contributed by atoms with van der Waals surface area (Å²) in [5.41, 5.74) is 6.76. The van der Waals surface area contributed by atoms with E-state index in [1.807, 2.05) is 31.2 Å². The van der Waals surface area contributed by atoms with Crippen LogP contribution in [0.1, 0.15) is 51.6 Å². The molecule has 0 bridgehead atoms. The predicted octanol–water partition coefficient (Wildman–Crippen LogP) is 4.03. The average Bonchev–Trinajstić information content (AvgIpc) is 2.43. The molecule has 0 spiro atoms. The lowest BCUT2D eigenvalue weighted by atomic mass is 9.88. The SMILES string of the molecule is CC(C)C(CCN)CCC(=O)N[C@H](C)c1ccc(Br)cc1. The maximum Gasteiger partial charge on any atom is 0.220 e. The molecule has 3 N–H and O–H groups in total. The third-order valence-electron chi connectivity index (χ3n) is 3.97. The fourth-order valence-electron chi connectivity index (χ4n) is 2.49. The summed E-state index contributed by atoms with van der Waals surface area (Å²) in [4.78, 5) is 12.1. The smallest absolute Gasteiger partial charge is 0.220 e. The number of hydrogen-bond donors (Lipinski definition) is 2. The van der Waals surface area contributed by atoms with Crippen LogP contribution in [0.25, 0.3) is 0 Å². The highest BCUT2D eigenvalue weighted by Gasteiger charge is 2.15. The van der Waals surface area contributed by atoms with Gasteiger partial charge in [-0.1, -0.05) is 41.9 Å². The normalized spacial score (nSPS) is 14.0. The zero-order valence-corrected chi connectivity index (χ0v) is 14.8. The molecule has 3 nitrogen and oxygen atoms in total. The Morgan fingerprint density at radius 2 is 1.81 bits per heavy atom. The first kappa shape index (κ1) is 18.2. The topological polar surface area (TPSA) is 55.1 Å². The number of carbonyl (C=O) groups is 1. The van der Waals surface area contributed by atoms with E-state index in [4.69, 9.17) is 5.73 Å². The summed E-state index contributed by atoms with van der Waals surface area (Å²) in [5, 5.41) is 3.07. The van der Waals surface area contributed by atoms with Gasteiger partial charge in [0.15, 0.2) is 0 Å². The number of nitrogens with one attached hydrogen (secondary N) is 1. The molecule has 0 aliphatic carbocycles. The van der Waals surface area contributed by atoms with Crippen molar-refractivity contribution in [2.75, 3.05) is 6.54 Å². The maximum atomic E-state index is 12.1. The number of halogens is 1. The zero-order chi connectivity index (χ0) is 15.8. The van der Waals surface area contributed by atoms with Crippen LogP contribution in [0.2, 0.25) is 0 Å². The van der Waals surface area contributed by atoms with Gasteiger partial charge in [-0.05, 0) is 55.8 Å². The summed E-state index contributed by atoms with van der Waals surface area (Å²) in [5.74, 6) is 1.22. The Kier molecular flexibility index (Phi) is 7.97. The molecule has 0 aliphatic rings. The monoisotopic (exact) mass is 354 g/mol. The minimum Gasteiger partial charge on any atom is -0.350 e. The van der Waals surface area contributed by atoms with Crippen LogP contribution in [0.5, 0.6) is 0 Å². The van der Waals surface area contributed by atoms with Crippen molar-refractivity contribution in [3.8, 4) is 0 Å². The first-order valence-electron chi connectivity index (χ1n) is 7.69. The van der Waals surface area contributed by atoms with Crippen molar-refractivity contribution in [3.63, 3.8) is 0 Å². The molecule has 1 unspecified atom stereocenters. The minimum atomic E-state index is 0.0395. The van der Waals surface area contributed by atoms with E-state index in [0.29, 0.717) is 24.8 Å². The van der Waals surface area contributed by atoms with Gasteiger partial charge < -0.3 is 11.1 Å². The second-order valence-corrected chi connectivity index (χ2v) is 6.88. The molecule has 0 saturated carbocycles. The Labute approximate surface area is 136 Å². The molecule has 1 rings (SSSR count). The van der Waals surface area contributed by atoms with E-state index in [1.54, 1.807) is 0 Å². The van der Waals surface area contributed by atoms with E-state index >= 15 is 0 Å². The Morgan fingerprint density at radius 1 is 1.19 bits per heavy atom. The van der Waals surface area contributed by atoms with Gasteiger partial charge in [-0.2, -0.15) is 0 Å². The van der Waals surface area contributed by atoms with Crippen molar-refractivity contribution in [2.24, 2.45) is 17.6 Å². The second kappa shape index (κ2) is 9.21. The van der Waals surface area contributed by atoms with Crippen LogP contribution in [0.4, 0.5) is 0 Å². The molecule has 21 heavy (non-hydrogen) atoms. The molecule has 0 fully saturated rings. The predicted molar refractivity (Wildman–Crippen MR) is 91.9 cm³/mol. The molecule has 1 amide bonds. The number of rotatable bonds is 8. The van der Waals surface area contributed by atoms with Gasteiger partial charge in [0.05, 0.1) is 6.04 Å². The Bertz CT molecular complexity index is 431. The number of nitrogens with two attached hydrogens (primary N) is 1. The molecule has 0 aromatic heterocycles. The lowest BCUT2D eigenvalue weighted by molar-refractivity contribution is -0.122. The lowest BCUT2D eigenvalue weighted by Crippen LogP contribution is -2.27. The Balaban J connectivity index is 2.44. The van der Waals surface area contributed by atoms with E-state index in [2.05, 4.69) is 35.1 Å². The van der Waals surface area contributed by atoms with E-state index in [1.165, 1.54) is 0 Å². The van der Waals surface area contributed by atoms with Crippen LogP contribution in [0, 0.1) is 11.8 Å². The Morgan fingerprint density at radius 3 is 2.33 bits per heavy atom. The van der Waals surface area contributed by atoms with Crippen LogP contribution in [-0.4, -0.2) is 12.5 Å². The second-order valence-electron chi connectivity index (χ2n) is 5.96. The Hall–Kier alpha value is -0.870. The van der Waals surface area contributed by atoms with E-state index < -0.39 is 0 Å². The fraction of sp³-hybridized carbons (Fsp3) is 0.588. The van der Waals surface area contributed by atoms with E-state index in [0.717, 1.165) is 22.9 Å². The number of hydrogen-bond acceptors (Lipinski definition) is 2. The van der Waals surface area contributed by atoms with Gasteiger partial charge in [-0.25, -0.2) is 0 Å². The van der Waals surface area contributed by atoms with Crippen LogP contribution in [0.3, 0.4) is 0 Å². The third-order valence-corrected chi connectivity index (χ3v) is 4.50. The molecule has 0 aliphatic heterocycles. The fourth-order valence-corrected chi connectivity index (χ4v) is 2.75. The summed E-state index contributed by atoms with van der Waals surface area (Å²) in [6.45, 7) is 7.10. The summed E-state index contributed by atoms with van der Waals surface area (Å²) in [7, 11) is 0. The van der Waals surface area contributed by atoms with Crippen LogP contribution >= 0.6 is 15.9 Å². The largest absolute Gasteiger partial charge is 0.350 e. The van der Waals surface area contributed by atoms with Crippen LogP contribution in [0.15, 0.2) is 28.7 Å². The summed E-state index contributed by atoms with van der Waals surface area (Å²) >= 11 is 3.42. The van der Waals surface area contributed by atoms with Gasteiger partial charge >= 0.3 is 0 Å². The number of carbonyl (C=O) groups excluding carboxylic acids is 1. The first-order chi connectivity index (χ1) is 9.93. The molecular weight excluding hydrogens is 328 g/mol. The maximum absolute atomic E-state index is 12.1. The summed E-state index contributed by atoms with van der Waals surface area (Å²) in [6.07, 6.45) is 2.48. The standard InChI is InChI=1S/C17H27BrN2O/c1-12(2)14(10-11-19)6-9-17(21)20-13(3)15-4-7-16(18)8-5-15/h4-5,7-8,12-14H,6,9-11,19H2,1-3H3,(H,20,21)/t13-,14?/m1/s1. The van der Waals surface area contributed by atoms with Crippen molar-refractivity contribution < 1.29 is 4.79 Å². The van der Waals surface area contributed by atoms with Crippen LogP contribution < -0.4 is 11.1 Å². The minimum absolute atomic E-state index is 0.0395. The molecule has 2 atom stereocenters. The summed E-state index contributed by atoms with van der Waals surface area (Å²) in [6, 6.07) is 8.08. The van der Waals surface area contributed by atoms with E-state index in [-0.39, 0.29) is 11.9 Å². The summed E-state index contributed by atoms with van der Waals surface area (Å²) < 4.78 is 1.05. The highest BCUT2D eigenvalue weighted by atomic mass is 79.9. The van der Waals surface area contributed by atoms with Gasteiger partial charge in [0.1, 0.15) is 0 Å². The van der Waals surface area contributed by atoms with E-state index in [9.17, 15) is 4.79 Å². The molecule has 0 radical (unpaired) electrons. The van der Waals surface area contributed by atoms with Crippen molar-refractivity contribution in [3.05, 3.63) is 34.3 Å². The van der Waals surface area contributed by atoms with Gasteiger partial charge in [0, 0.05) is 10.9 Å². The van der Waals surface area contributed by atoms with Crippen molar-refractivity contribution in [1.82, 2.24) is 5.32 Å². The van der Waals surface area contributed by atoms with Gasteiger partial charge in [-0.15, -0.1) is 0 Å². The van der Waals surface area contributed by atoms with Crippen molar-refractivity contribution in [2.45, 2.75) is 46.1 Å². The molecular formula is C17H27BrN2O. The molecule has 0 heterocycles. The highest BCUT2D eigenvalue weighted by molar-refractivity contribution is 9.10. The quantitative estimate of drug-likeness (QED) is 0.740. The number of benzene rings is 1. The molecule has 1 aromatic carbocycles. The van der Waals surface area contributed by atoms with Crippen molar-refractivity contribution in [1.29, 1.82) is 0 Å². The van der Waals surface area contributed by atoms with Gasteiger partial charge in [0.2, 0.25) is 5.91 Å². The van der Waals surface area contributed by atoms with Crippen molar-refractivity contribution >= 4 is 21.8 Å². The molecule has 118 valence electrons. The van der Waals surface area contributed by atoms with Crippen LogP contribution in [-0.2, 0) is 4.79 Å². The third kappa shape index (κ3) is 6.62. The van der Waals surface area contributed by atoms with Gasteiger partial charge in [0.25, 0.3) is 0 Å². The molecule has 1 aromatic rings. The first-order valence-corrected chi connectivity index (χ1v) is 8.48. The number of amides is 1. The average molecular weight is 355 g/mol. The zero-order valence-electron chi connectivity index (χ0n) is 13.2.